The van der Waals surface area contributed by atoms with Crippen molar-refractivity contribution in [3.05, 3.63) is 11.4 Å². The van der Waals surface area contributed by atoms with E-state index in [2.05, 4.69) is 5.10 Å². The van der Waals surface area contributed by atoms with E-state index < -0.39 is 17.6 Å². The van der Waals surface area contributed by atoms with Crippen LogP contribution in [0, 0.1) is 13.8 Å². The standard InChI is InChI=1S/C6H8F2N2O2S.Na/c1-3-5(13(11)12)4(2)10(9-3)6(7)8;/h6H,1-2H3,(H,11,12);/q;+1/p-1. The summed E-state index contributed by atoms with van der Waals surface area (Å²) in [6.07, 6.45) is 0. The Hall–Kier alpha value is 0.180. The van der Waals surface area contributed by atoms with Gasteiger partial charge in [-0.2, -0.15) is 13.9 Å². The van der Waals surface area contributed by atoms with Crippen LogP contribution in [0.25, 0.3) is 0 Å². The van der Waals surface area contributed by atoms with E-state index in [0.29, 0.717) is 4.68 Å². The third-order valence-electron chi connectivity index (χ3n) is 1.61. The molecule has 0 radical (unpaired) electrons. The van der Waals surface area contributed by atoms with Crippen LogP contribution in [0.2, 0.25) is 0 Å². The quantitative estimate of drug-likeness (QED) is 0.443. The molecule has 4 nitrogen and oxygen atoms in total. The predicted octanol–water partition coefficient (Wildman–Crippen LogP) is -1.86. The second-order valence-electron chi connectivity index (χ2n) is 2.46. The Kier molecular flexibility index (Phi) is 5.38. The van der Waals surface area contributed by atoms with Crippen LogP contribution in [0.5, 0.6) is 0 Å². The number of aromatic nitrogens is 2. The van der Waals surface area contributed by atoms with E-state index in [1.807, 2.05) is 0 Å². The van der Waals surface area contributed by atoms with Gasteiger partial charge in [0.2, 0.25) is 0 Å². The van der Waals surface area contributed by atoms with Crippen molar-refractivity contribution in [1.82, 2.24) is 9.78 Å². The fourth-order valence-corrected chi connectivity index (χ4v) is 1.70. The van der Waals surface area contributed by atoms with Crippen LogP contribution in [0.1, 0.15) is 17.9 Å². The van der Waals surface area contributed by atoms with Crippen LogP contribution < -0.4 is 29.6 Å². The molecule has 8 heteroatoms. The number of alkyl halides is 2. The van der Waals surface area contributed by atoms with Crippen molar-refractivity contribution in [2.45, 2.75) is 25.3 Å². The van der Waals surface area contributed by atoms with Gasteiger partial charge in [-0.25, -0.2) is 4.68 Å². The first-order valence-corrected chi connectivity index (χ1v) is 4.45. The molecule has 0 spiro atoms. The minimum Gasteiger partial charge on any atom is -0.768 e. The van der Waals surface area contributed by atoms with Crippen LogP contribution in [0.15, 0.2) is 4.90 Å². The zero-order valence-electron chi connectivity index (χ0n) is 7.95. The van der Waals surface area contributed by atoms with Gasteiger partial charge in [-0.1, -0.05) is 0 Å². The van der Waals surface area contributed by atoms with Crippen molar-refractivity contribution < 1.29 is 47.1 Å². The van der Waals surface area contributed by atoms with Crippen molar-refractivity contribution in [3.8, 4) is 0 Å². The van der Waals surface area contributed by atoms with Crippen molar-refractivity contribution in [1.29, 1.82) is 0 Å². The van der Waals surface area contributed by atoms with E-state index in [0.717, 1.165) is 0 Å². The van der Waals surface area contributed by atoms with E-state index >= 15 is 0 Å². The molecule has 0 saturated carbocycles. The average molecular weight is 232 g/mol. The number of halogens is 2. The molecule has 0 aliphatic rings. The third kappa shape index (κ3) is 2.60. The normalized spacial score (nSPS) is 12.7. The summed E-state index contributed by atoms with van der Waals surface area (Å²) in [7, 11) is 0. The number of nitrogens with zero attached hydrogens (tertiary/aromatic N) is 2. The van der Waals surface area contributed by atoms with E-state index in [4.69, 9.17) is 0 Å². The van der Waals surface area contributed by atoms with Gasteiger partial charge in [0, 0.05) is 0 Å². The molecular formula is C6H7F2N2NaO2S. The molecule has 0 N–H and O–H groups in total. The molecule has 0 fully saturated rings. The van der Waals surface area contributed by atoms with Crippen LogP contribution in [-0.4, -0.2) is 18.5 Å². The van der Waals surface area contributed by atoms with Crippen LogP contribution in [0.3, 0.4) is 0 Å². The summed E-state index contributed by atoms with van der Waals surface area (Å²) >= 11 is -2.51. The second-order valence-corrected chi connectivity index (χ2v) is 3.33. The first-order chi connectivity index (χ1) is 5.95. The molecule has 0 saturated heterocycles. The van der Waals surface area contributed by atoms with Gasteiger partial charge in [-0.05, 0) is 24.9 Å². The van der Waals surface area contributed by atoms with Crippen LogP contribution >= 0.6 is 0 Å². The van der Waals surface area contributed by atoms with E-state index in [1.165, 1.54) is 13.8 Å². The number of hydrogen-bond acceptors (Lipinski definition) is 3. The number of rotatable bonds is 2. The Morgan fingerprint density at radius 2 is 2.00 bits per heavy atom. The van der Waals surface area contributed by atoms with E-state index in [-0.39, 0.29) is 45.8 Å². The largest absolute Gasteiger partial charge is 1.00 e. The average Bonchev–Trinajstić information content (AvgIpc) is 2.26. The molecule has 1 heterocycles. The molecule has 0 amide bonds. The van der Waals surface area contributed by atoms with Crippen LogP contribution in [0.4, 0.5) is 8.78 Å². The van der Waals surface area contributed by atoms with E-state index in [9.17, 15) is 17.5 Å². The maximum atomic E-state index is 12.2. The molecule has 0 aliphatic carbocycles. The first-order valence-electron chi connectivity index (χ1n) is 3.38. The summed E-state index contributed by atoms with van der Waals surface area (Å²) < 4.78 is 45.9. The topological polar surface area (TPSA) is 58.0 Å². The summed E-state index contributed by atoms with van der Waals surface area (Å²) in [4.78, 5) is -0.152. The van der Waals surface area contributed by atoms with Gasteiger partial charge >= 0.3 is 36.1 Å². The van der Waals surface area contributed by atoms with E-state index in [1.54, 1.807) is 0 Å². The second kappa shape index (κ2) is 5.32. The molecule has 0 aliphatic heterocycles. The minimum absolute atomic E-state index is 0. The van der Waals surface area contributed by atoms with Crippen molar-refractivity contribution in [2.24, 2.45) is 0 Å². The van der Waals surface area contributed by atoms with Crippen molar-refractivity contribution in [2.75, 3.05) is 0 Å². The summed E-state index contributed by atoms with van der Waals surface area (Å²) in [5.41, 5.74) is 0.0481. The SMILES string of the molecule is Cc1nn(C(F)F)c(C)c1S(=O)[O-].[Na+]. The molecular weight excluding hydrogens is 225 g/mol. The number of hydrogen-bond donors (Lipinski definition) is 0. The Bertz CT molecular complexity index is 356. The van der Waals surface area contributed by atoms with Gasteiger partial charge < -0.3 is 4.55 Å². The molecule has 1 aromatic rings. The minimum atomic E-state index is -2.81. The zero-order chi connectivity index (χ0) is 10.2. The maximum Gasteiger partial charge on any atom is 1.00 e. The van der Waals surface area contributed by atoms with Gasteiger partial charge in [-0.3, -0.25) is 4.21 Å². The first kappa shape index (κ1) is 14.2. The molecule has 1 aromatic heterocycles. The Morgan fingerprint density at radius 1 is 1.50 bits per heavy atom. The molecule has 0 bridgehead atoms. The van der Waals surface area contributed by atoms with Gasteiger partial charge in [0.15, 0.2) is 0 Å². The Morgan fingerprint density at radius 3 is 2.21 bits per heavy atom. The molecule has 0 aromatic carbocycles. The van der Waals surface area contributed by atoms with Crippen LogP contribution in [-0.2, 0) is 11.1 Å². The molecule has 1 unspecified atom stereocenters. The molecule has 74 valence electrons. The molecule has 1 atom stereocenters. The zero-order valence-corrected chi connectivity index (χ0v) is 10.8. The van der Waals surface area contributed by atoms with Crippen molar-refractivity contribution >= 4 is 11.1 Å². The predicted molar refractivity (Wildman–Crippen MR) is 40.1 cm³/mol. The van der Waals surface area contributed by atoms with Gasteiger partial charge in [0.1, 0.15) is 0 Å². The fraction of sp³-hybridized carbons (Fsp3) is 0.500. The summed E-state index contributed by atoms with van der Waals surface area (Å²) in [5, 5.41) is 3.40. The van der Waals surface area contributed by atoms with Gasteiger partial charge in [-0.15, -0.1) is 0 Å². The van der Waals surface area contributed by atoms with Gasteiger partial charge in [0.05, 0.1) is 16.3 Å². The Balaban J connectivity index is 0.00000169. The smallest absolute Gasteiger partial charge is 0.768 e. The number of aryl methyl sites for hydroxylation is 1. The summed E-state index contributed by atoms with van der Waals surface area (Å²) in [6.45, 7) is -0.148. The fourth-order valence-electron chi connectivity index (χ4n) is 1.08. The Labute approximate surface area is 104 Å². The monoisotopic (exact) mass is 232 g/mol. The maximum absolute atomic E-state index is 12.2. The summed E-state index contributed by atoms with van der Waals surface area (Å²) in [6, 6.07) is 0. The van der Waals surface area contributed by atoms with Crippen molar-refractivity contribution in [3.63, 3.8) is 0 Å². The van der Waals surface area contributed by atoms with Gasteiger partial charge in [0.25, 0.3) is 0 Å². The molecule has 1 rings (SSSR count). The molecule has 14 heavy (non-hydrogen) atoms. The summed E-state index contributed by atoms with van der Waals surface area (Å²) in [5.74, 6) is 0. The third-order valence-corrected chi connectivity index (χ3v) is 2.53.